The van der Waals surface area contributed by atoms with Gasteiger partial charge in [-0.15, -0.1) is 0 Å². The van der Waals surface area contributed by atoms with Gasteiger partial charge in [0.15, 0.2) is 11.4 Å². The molecule has 0 amide bonds. The lowest BCUT2D eigenvalue weighted by Crippen LogP contribution is -2.57. The molecule has 0 saturated heterocycles. The highest BCUT2D eigenvalue weighted by molar-refractivity contribution is 5.86. The fourth-order valence-electron chi connectivity index (χ4n) is 7.43. The first-order chi connectivity index (χ1) is 11.8. The van der Waals surface area contributed by atoms with Crippen molar-refractivity contribution in [2.45, 2.75) is 83.8 Å². The summed E-state index contributed by atoms with van der Waals surface area (Å²) in [5, 5.41) is 19.8. The molecule has 0 aromatic carbocycles. The summed E-state index contributed by atoms with van der Waals surface area (Å²) in [4.78, 5) is 17.4. The van der Waals surface area contributed by atoms with Crippen LogP contribution in [0.25, 0.3) is 0 Å². The van der Waals surface area contributed by atoms with Gasteiger partial charge in [0.1, 0.15) is 0 Å². The summed E-state index contributed by atoms with van der Waals surface area (Å²) in [6.07, 6.45) is 9.67. The molecule has 0 radical (unpaired) electrons. The highest BCUT2D eigenvalue weighted by atomic mass is 17.1. The first kappa shape index (κ1) is 17.7. The van der Waals surface area contributed by atoms with Crippen molar-refractivity contribution in [3.63, 3.8) is 0 Å². The molecule has 0 heterocycles. The lowest BCUT2D eigenvalue weighted by molar-refractivity contribution is -0.338. The largest absolute Gasteiger partial charge is 0.393 e. The highest BCUT2D eigenvalue weighted by Gasteiger charge is 2.67. The molecule has 7 atom stereocenters. The maximum atomic E-state index is 12.4. The minimum absolute atomic E-state index is 0.0301. The Kier molecular flexibility index (Phi) is 3.99. The van der Waals surface area contributed by atoms with Gasteiger partial charge >= 0.3 is 0 Å². The van der Waals surface area contributed by atoms with E-state index < -0.39 is 5.60 Å². The Hall–Kier alpha value is -0.710. The van der Waals surface area contributed by atoms with Crippen molar-refractivity contribution in [3.05, 3.63) is 11.6 Å². The van der Waals surface area contributed by atoms with E-state index in [1.54, 1.807) is 6.92 Å². The van der Waals surface area contributed by atoms with Crippen LogP contribution in [-0.4, -0.2) is 27.9 Å². The Morgan fingerprint density at radius 1 is 1.16 bits per heavy atom. The molecule has 2 N–H and O–H groups in total. The number of hydrogen-bond donors (Lipinski definition) is 2. The average Bonchev–Trinajstić information content (AvgIpc) is 2.89. The monoisotopic (exact) mass is 348 g/mol. The molecular weight excluding hydrogens is 316 g/mol. The Balaban J connectivity index is 1.70. The summed E-state index contributed by atoms with van der Waals surface area (Å²) in [7, 11) is 0. The van der Waals surface area contributed by atoms with Gasteiger partial charge in [-0.1, -0.05) is 25.5 Å². The van der Waals surface area contributed by atoms with Crippen LogP contribution < -0.4 is 0 Å². The van der Waals surface area contributed by atoms with Gasteiger partial charge in [-0.2, -0.15) is 0 Å². The van der Waals surface area contributed by atoms with E-state index >= 15 is 0 Å². The van der Waals surface area contributed by atoms with Crippen LogP contribution in [0.4, 0.5) is 0 Å². The summed E-state index contributed by atoms with van der Waals surface area (Å²) < 4.78 is 0. The van der Waals surface area contributed by atoms with Crippen molar-refractivity contribution in [2.75, 3.05) is 0 Å². The summed E-state index contributed by atoms with van der Waals surface area (Å²) in [6, 6.07) is 0. The van der Waals surface area contributed by atoms with Gasteiger partial charge in [-0.25, -0.2) is 4.89 Å². The molecule has 0 spiro atoms. The fraction of sp³-hybridized carbons (Fsp3) is 0.857. The number of Topliss-reactive ketones (excluding diaryl/α,β-unsaturated/α-hetero) is 1. The van der Waals surface area contributed by atoms with E-state index in [2.05, 4.69) is 19.9 Å². The Morgan fingerprint density at radius 3 is 2.56 bits per heavy atom. The minimum Gasteiger partial charge on any atom is -0.393 e. The topological polar surface area (TPSA) is 66.8 Å². The number of carbonyl (C=O) groups excluding carboxylic acids is 1. The smallest absolute Gasteiger partial charge is 0.166 e. The third-order valence-electron chi connectivity index (χ3n) is 8.92. The zero-order valence-corrected chi connectivity index (χ0v) is 15.8. The summed E-state index contributed by atoms with van der Waals surface area (Å²) in [6.45, 7) is 6.14. The molecule has 7 unspecified atom stereocenters. The lowest BCUT2D eigenvalue weighted by Gasteiger charge is -2.58. The number of fused-ring (bicyclic) bond motifs is 5. The van der Waals surface area contributed by atoms with Crippen molar-refractivity contribution < 1.29 is 20.0 Å². The van der Waals surface area contributed by atoms with E-state index in [0.29, 0.717) is 24.2 Å². The normalized spacial score (nSPS) is 52.0. The van der Waals surface area contributed by atoms with Crippen molar-refractivity contribution in [1.29, 1.82) is 0 Å². The van der Waals surface area contributed by atoms with E-state index in [1.165, 1.54) is 5.57 Å². The molecule has 140 valence electrons. The van der Waals surface area contributed by atoms with Crippen LogP contribution in [0.1, 0.15) is 72.1 Å². The molecule has 25 heavy (non-hydrogen) atoms. The number of allylic oxidation sites excluding steroid dienone is 1. The van der Waals surface area contributed by atoms with Gasteiger partial charge < -0.3 is 5.11 Å². The van der Waals surface area contributed by atoms with Crippen LogP contribution in [0.15, 0.2) is 11.6 Å². The lowest BCUT2D eigenvalue weighted by atomic mass is 9.47. The van der Waals surface area contributed by atoms with Gasteiger partial charge in [0, 0.05) is 5.41 Å². The van der Waals surface area contributed by atoms with Crippen molar-refractivity contribution in [2.24, 2.45) is 28.6 Å². The Bertz CT molecular complexity index is 613. The molecular formula is C21H32O4. The first-order valence-corrected chi connectivity index (χ1v) is 10.00. The van der Waals surface area contributed by atoms with Crippen molar-refractivity contribution in [3.8, 4) is 0 Å². The quantitative estimate of drug-likeness (QED) is 0.447. The number of ketones is 1. The molecule has 3 fully saturated rings. The predicted molar refractivity (Wildman–Crippen MR) is 94.8 cm³/mol. The summed E-state index contributed by atoms with van der Waals surface area (Å²) in [5.74, 6) is 1.57. The number of aliphatic hydroxyl groups is 1. The second kappa shape index (κ2) is 5.64. The predicted octanol–water partition coefficient (Wildman–Crippen LogP) is 4.13. The van der Waals surface area contributed by atoms with Crippen molar-refractivity contribution in [1.82, 2.24) is 0 Å². The zero-order valence-electron chi connectivity index (χ0n) is 15.8. The first-order valence-electron chi connectivity index (χ1n) is 10.00. The highest BCUT2D eigenvalue weighted by Crippen LogP contribution is 2.67. The SMILES string of the molecule is CC(=O)C1(OO)CCC2C3CC=C4CC(O)CCC4(C)C3CCC21C. The van der Waals surface area contributed by atoms with Gasteiger partial charge in [0.2, 0.25) is 0 Å². The average molecular weight is 348 g/mol. The number of rotatable bonds is 2. The van der Waals surface area contributed by atoms with Crippen molar-refractivity contribution >= 4 is 5.78 Å². The molecule has 4 aliphatic carbocycles. The number of aliphatic hydroxyl groups excluding tert-OH is 1. The van der Waals surface area contributed by atoms with Gasteiger partial charge in [-0.05, 0) is 81.5 Å². The van der Waals surface area contributed by atoms with Gasteiger partial charge in [-0.3, -0.25) is 10.1 Å². The van der Waals surface area contributed by atoms with Gasteiger partial charge in [0.25, 0.3) is 0 Å². The van der Waals surface area contributed by atoms with Crippen LogP contribution in [0.3, 0.4) is 0 Å². The van der Waals surface area contributed by atoms with E-state index in [4.69, 9.17) is 4.89 Å². The third-order valence-corrected chi connectivity index (χ3v) is 8.92. The van der Waals surface area contributed by atoms with E-state index in [1.807, 2.05) is 0 Å². The number of carbonyl (C=O) groups is 1. The molecule has 4 heteroatoms. The molecule has 0 bridgehead atoms. The molecule has 0 aromatic rings. The number of hydrogen-bond acceptors (Lipinski definition) is 4. The second-order valence-corrected chi connectivity index (χ2v) is 9.63. The molecule has 4 rings (SSSR count). The van der Waals surface area contributed by atoms with Crippen LogP contribution >= 0.6 is 0 Å². The van der Waals surface area contributed by atoms with Crippen LogP contribution in [0.2, 0.25) is 0 Å². The van der Waals surface area contributed by atoms with Gasteiger partial charge in [0.05, 0.1) is 6.10 Å². The Morgan fingerprint density at radius 2 is 1.88 bits per heavy atom. The fourth-order valence-corrected chi connectivity index (χ4v) is 7.43. The third kappa shape index (κ3) is 2.14. The Labute approximate surface area is 150 Å². The van der Waals surface area contributed by atoms with E-state index in [-0.39, 0.29) is 22.7 Å². The maximum absolute atomic E-state index is 12.4. The van der Waals surface area contributed by atoms with Crippen LogP contribution in [0.5, 0.6) is 0 Å². The zero-order chi connectivity index (χ0) is 18.0. The van der Waals surface area contributed by atoms with E-state index in [9.17, 15) is 15.2 Å². The standard InChI is InChI=1S/C21H32O4/c1-13(22)21(25-24)11-8-18-16-5-4-14-12-15(23)6-9-19(14,2)17(16)7-10-20(18,21)3/h4,15-18,23-24H,5-12H2,1-3H3. The van der Waals surface area contributed by atoms with E-state index in [0.717, 1.165) is 44.9 Å². The van der Waals surface area contributed by atoms with Crippen LogP contribution in [-0.2, 0) is 9.68 Å². The molecule has 0 aromatic heterocycles. The summed E-state index contributed by atoms with van der Waals surface area (Å²) in [5.41, 5.74) is 0.372. The molecule has 4 aliphatic rings. The molecule has 4 nitrogen and oxygen atoms in total. The minimum atomic E-state index is -1.02. The summed E-state index contributed by atoms with van der Waals surface area (Å²) >= 11 is 0. The molecule has 0 aliphatic heterocycles. The van der Waals surface area contributed by atoms with Crippen LogP contribution in [0, 0.1) is 28.6 Å². The second-order valence-electron chi connectivity index (χ2n) is 9.63. The molecule has 3 saturated carbocycles. The maximum Gasteiger partial charge on any atom is 0.166 e.